The molecule has 2 aromatic heterocycles. The van der Waals surface area contributed by atoms with Crippen molar-refractivity contribution >= 4 is 40.7 Å². The highest BCUT2D eigenvalue weighted by Gasteiger charge is 2.45. The number of fused-ring (bicyclic) bond motifs is 2. The van der Waals surface area contributed by atoms with Gasteiger partial charge in [-0.2, -0.15) is 5.10 Å². The molecule has 2 saturated heterocycles. The standard InChI is InChI=1S/C20H19Cl2N7O/c21-16-3-1-2-15(19(16)22)20(30)29-11-13-6-14(29)10-28(13)9-12-7-24-18(8-23-12)26-17-4-5-25-27-17/h1-5,7-8,13-14H,6,9-11H2,(H2,24,25,26,27)/t13-,14-/m0/s1. The van der Waals surface area contributed by atoms with Gasteiger partial charge in [0, 0.05) is 37.8 Å². The second-order valence-corrected chi connectivity index (χ2v) is 8.31. The number of aromatic nitrogens is 4. The number of aromatic amines is 1. The van der Waals surface area contributed by atoms with Gasteiger partial charge in [-0.05, 0) is 18.6 Å². The number of carbonyl (C=O) groups excluding carboxylic acids is 1. The van der Waals surface area contributed by atoms with Crippen LogP contribution in [0.3, 0.4) is 0 Å². The van der Waals surface area contributed by atoms with Crippen LogP contribution in [-0.2, 0) is 6.54 Å². The van der Waals surface area contributed by atoms with Crippen LogP contribution < -0.4 is 5.32 Å². The van der Waals surface area contributed by atoms with Gasteiger partial charge in [0.1, 0.15) is 11.6 Å². The molecule has 0 spiro atoms. The lowest BCUT2D eigenvalue weighted by Gasteiger charge is -2.34. The molecule has 154 valence electrons. The third-order valence-corrected chi connectivity index (χ3v) is 6.45. The Morgan fingerprint density at radius 3 is 2.77 bits per heavy atom. The van der Waals surface area contributed by atoms with Gasteiger partial charge in [0.25, 0.3) is 5.91 Å². The monoisotopic (exact) mass is 443 g/mol. The van der Waals surface area contributed by atoms with Crippen LogP contribution in [0.5, 0.6) is 0 Å². The minimum atomic E-state index is -0.0522. The molecule has 10 heteroatoms. The number of rotatable bonds is 5. The molecule has 4 heterocycles. The van der Waals surface area contributed by atoms with E-state index in [4.69, 9.17) is 23.2 Å². The topological polar surface area (TPSA) is 90.0 Å². The average molecular weight is 444 g/mol. The Labute approximate surface area is 183 Å². The number of hydrogen-bond acceptors (Lipinski definition) is 6. The molecule has 5 rings (SSSR count). The van der Waals surface area contributed by atoms with Gasteiger partial charge >= 0.3 is 0 Å². The molecule has 2 aliphatic rings. The number of nitrogens with one attached hydrogen (secondary N) is 2. The second-order valence-electron chi connectivity index (χ2n) is 7.52. The van der Waals surface area contributed by atoms with Crippen molar-refractivity contribution in [2.45, 2.75) is 25.0 Å². The predicted octanol–water partition coefficient (Wildman–Crippen LogP) is 3.35. The Bertz CT molecular complexity index is 1060. The summed E-state index contributed by atoms with van der Waals surface area (Å²) in [6, 6.07) is 7.48. The summed E-state index contributed by atoms with van der Waals surface area (Å²) < 4.78 is 0. The van der Waals surface area contributed by atoms with Crippen LogP contribution >= 0.6 is 23.2 Å². The summed E-state index contributed by atoms with van der Waals surface area (Å²) in [5, 5.41) is 10.5. The summed E-state index contributed by atoms with van der Waals surface area (Å²) >= 11 is 12.3. The van der Waals surface area contributed by atoms with Crippen molar-refractivity contribution in [1.29, 1.82) is 0 Å². The number of carbonyl (C=O) groups is 1. The van der Waals surface area contributed by atoms with Gasteiger partial charge in [-0.3, -0.25) is 19.8 Å². The van der Waals surface area contributed by atoms with Crippen LogP contribution in [0.4, 0.5) is 11.6 Å². The van der Waals surface area contributed by atoms with Crippen molar-refractivity contribution in [3.63, 3.8) is 0 Å². The summed E-state index contributed by atoms with van der Waals surface area (Å²) in [6.45, 7) is 2.20. The molecule has 0 unspecified atom stereocenters. The van der Waals surface area contributed by atoms with E-state index < -0.39 is 0 Å². The van der Waals surface area contributed by atoms with Gasteiger partial charge in [0.2, 0.25) is 0 Å². The number of halogens is 2. The molecule has 2 aliphatic heterocycles. The second kappa shape index (κ2) is 7.86. The van der Waals surface area contributed by atoms with Gasteiger partial charge in [-0.1, -0.05) is 29.3 Å². The minimum absolute atomic E-state index is 0.0522. The molecule has 1 aromatic carbocycles. The van der Waals surface area contributed by atoms with Gasteiger partial charge in [-0.25, -0.2) is 4.98 Å². The van der Waals surface area contributed by atoms with Gasteiger partial charge in [-0.15, -0.1) is 0 Å². The molecule has 30 heavy (non-hydrogen) atoms. The highest BCUT2D eigenvalue weighted by atomic mass is 35.5. The van der Waals surface area contributed by atoms with Gasteiger partial charge in [0.15, 0.2) is 0 Å². The number of amides is 1. The summed E-state index contributed by atoms with van der Waals surface area (Å²) in [5.41, 5.74) is 1.36. The molecular formula is C20H19Cl2N7O. The van der Waals surface area contributed by atoms with E-state index in [2.05, 4.69) is 30.4 Å². The lowest BCUT2D eigenvalue weighted by molar-refractivity contribution is 0.0614. The average Bonchev–Trinajstić information content (AvgIpc) is 3.49. The first-order chi connectivity index (χ1) is 14.6. The van der Waals surface area contributed by atoms with Crippen molar-refractivity contribution in [2.75, 3.05) is 18.4 Å². The molecule has 2 fully saturated rings. The summed E-state index contributed by atoms with van der Waals surface area (Å²) in [6.07, 6.45) is 6.11. The molecular weight excluding hydrogens is 425 g/mol. The van der Waals surface area contributed by atoms with Crippen molar-refractivity contribution in [1.82, 2.24) is 30.0 Å². The van der Waals surface area contributed by atoms with Gasteiger partial charge in [0.05, 0.1) is 39.9 Å². The van der Waals surface area contributed by atoms with Crippen molar-refractivity contribution in [3.05, 3.63) is 64.2 Å². The molecule has 2 atom stereocenters. The fourth-order valence-electron chi connectivity index (χ4n) is 4.19. The van der Waals surface area contributed by atoms with E-state index in [1.54, 1.807) is 36.8 Å². The van der Waals surface area contributed by atoms with Crippen LogP contribution in [0.15, 0.2) is 42.9 Å². The predicted molar refractivity (Wildman–Crippen MR) is 114 cm³/mol. The van der Waals surface area contributed by atoms with Gasteiger partial charge < -0.3 is 10.2 Å². The zero-order chi connectivity index (χ0) is 20.7. The number of likely N-dealkylation sites (tertiary alicyclic amines) is 2. The quantitative estimate of drug-likeness (QED) is 0.628. The Balaban J connectivity index is 1.21. The first-order valence-corrected chi connectivity index (χ1v) is 10.4. The number of nitrogens with zero attached hydrogens (tertiary/aromatic N) is 5. The van der Waals surface area contributed by atoms with Crippen LogP contribution in [0.25, 0.3) is 0 Å². The Kier molecular flexibility index (Phi) is 5.06. The number of anilines is 2. The van der Waals surface area contributed by atoms with E-state index in [9.17, 15) is 4.79 Å². The summed E-state index contributed by atoms with van der Waals surface area (Å²) in [5.74, 6) is 1.36. The highest BCUT2D eigenvalue weighted by Crippen LogP contribution is 2.34. The summed E-state index contributed by atoms with van der Waals surface area (Å²) in [7, 11) is 0. The van der Waals surface area contributed by atoms with E-state index in [0.717, 1.165) is 24.5 Å². The number of piperazine rings is 1. The molecule has 3 aromatic rings. The lowest BCUT2D eigenvalue weighted by Crippen LogP contribution is -2.48. The van der Waals surface area contributed by atoms with E-state index in [1.807, 2.05) is 11.0 Å². The normalized spacial score (nSPS) is 20.7. The number of benzene rings is 1. The van der Waals surface area contributed by atoms with E-state index in [-0.39, 0.29) is 11.9 Å². The van der Waals surface area contributed by atoms with Crippen LogP contribution in [0.1, 0.15) is 22.5 Å². The first kappa shape index (κ1) is 19.3. The SMILES string of the molecule is O=C(c1cccc(Cl)c1Cl)N1C[C@@H]2C[C@H]1CN2Cc1cnc(Nc2ccn[nH]2)cn1. The van der Waals surface area contributed by atoms with Crippen molar-refractivity contribution < 1.29 is 4.79 Å². The Morgan fingerprint density at radius 1 is 1.17 bits per heavy atom. The minimum Gasteiger partial charge on any atom is -0.333 e. The molecule has 0 radical (unpaired) electrons. The molecule has 2 N–H and O–H groups in total. The Morgan fingerprint density at radius 2 is 2.07 bits per heavy atom. The van der Waals surface area contributed by atoms with E-state index in [0.29, 0.717) is 40.6 Å². The highest BCUT2D eigenvalue weighted by molar-refractivity contribution is 6.43. The van der Waals surface area contributed by atoms with E-state index in [1.165, 1.54) is 0 Å². The smallest absolute Gasteiger partial charge is 0.255 e. The Hall–Kier alpha value is -2.68. The van der Waals surface area contributed by atoms with Crippen LogP contribution in [0, 0.1) is 0 Å². The molecule has 2 bridgehead atoms. The van der Waals surface area contributed by atoms with Crippen molar-refractivity contribution in [2.24, 2.45) is 0 Å². The van der Waals surface area contributed by atoms with Crippen LogP contribution in [-0.4, -0.2) is 61.0 Å². The summed E-state index contributed by atoms with van der Waals surface area (Å²) in [4.78, 5) is 26.2. The first-order valence-electron chi connectivity index (χ1n) is 9.65. The third kappa shape index (κ3) is 3.62. The molecule has 1 amide bonds. The molecule has 0 aliphatic carbocycles. The fraction of sp³-hybridized carbons (Fsp3) is 0.300. The van der Waals surface area contributed by atoms with Crippen molar-refractivity contribution in [3.8, 4) is 0 Å². The number of H-pyrrole nitrogens is 1. The largest absolute Gasteiger partial charge is 0.333 e. The molecule has 0 saturated carbocycles. The lowest BCUT2D eigenvalue weighted by atomic mass is 10.1. The zero-order valence-electron chi connectivity index (χ0n) is 15.9. The maximum Gasteiger partial charge on any atom is 0.255 e. The third-order valence-electron chi connectivity index (χ3n) is 5.63. The number of hydrogen-bond donors (Lipinski definition) is 2. The van der Waals surface area contributed by atoms with E-state index >= 15 is 0 Å². The van der Waals surface area contributed by atoms with Crippen LogP contribution in [0.2, 0.25) is 10.0 Å². The maximum absolute atomic E-state index is 13.0. The fourth-order valence-corrected chi connectivity index (χ4v) is 4.57. The zero-order valence-corrected chi connectivity index (χ0v) is 17.4. The molecule has 8 nitrogen and oxygen atoms in total. The maximum atomic E-state index is 13.0.